The van der Waals surface area contributed by atoms with Gasteiger partial charge < -0.3 is 10.8 Å². The zero-order valence-electron chi connectivity index (χ0n) is 14.3. The summed E-state index contributed by atoms with van der Waals surface area (Å²) < 4.78 is 1.80. The molecule has 1 aliphatic rings. The van der Waals surface area contributed by atoms with E-state index in [1.54, 1.807) is 17.1 Å². The molecule has 0 aromatic carbocycles. The summed E-state index contributed by atoms with van der Waals surface area (Å²) >= 11 is 0. The van der Waals surface area contributed by atoms with E-state index in [1.165, 1.54) is 0 Å². The summed E-state index contributed by atoms with van der Waals surface area (Å²) in [4.78, 5) is 12.8. The Morgan fingerprint density at radius 2 is 2.12 bits per heavy atom. The average molecular weight is 351 g/mol. The Labute approximate surface area is 149 Å². The molecule has 3 heterocycles. The van der Waals surface area contributed by atoms with E-state index in [0.29, 0.717) is 5.56 Å². The Kier molecular flexibility index (Phi) is 4.41. The highest BCUT2D eigenvalue weighted by atomic mass is 16.3. The van der Waals surface area contributed by atoms with Crippen LogP contribution < -0.4 is 5.73 Å². The van der Waals surface area contributed by atoms with Crippen LogP contribution >= 0.6 is 0 Å². The van der Waals surface area contributed by atoms with E-state index < -0.39 is 0 Å². The fourth-order valence-electron chi connectivity index (χ4n) is 3.22. The molecule has 1 aliphatic carbocycles. The normalized spacial score (nSPS) is 11.6. The van der Waals surface area contributed by atoms with Crippen molar-refractivity contribution in [3.8, 4) is 28.5 Å². The van der Waals surface area contributed by atoms with E-state index in [0.717, 1.165) is 52.2 Å². The number of hydrogen-bond acceptors (Lipinski definition) is 6. The number of nitrogen functional groups attached to an aromatic ring is 1. The largest absolute Gasteiger partial charge is 0.483 e. The molecule has 0 amide bonds. The molecule has 4 N–H and O–H groups in total. The molecule has 0 aliphatic heterocycles. The fourth-order valence-corrected chi connectivity index (χ4v) is 3.22. The van der Waals surface area contributed by atoms with Crippen LogP contribution in [-0.2, 0) is 24.7 Å². The molecule has 0 spiro atoms. The molecule has 0 saturated heterocycles. The number of aromatic nitrogens is 5. The fraction of sp³-hybridized carbons (Fsp3) is 0.235. The highest BCUT2D eigenvalue weighted by Crippen LogP contribution is 2.41. The number of nitrogens with one attached hydrogen (secondary N) is 1. The number of aryl methyl sites for hydroxylation is 2. The van der Waals surface area contributed by atoms with Gasteiger partial charge in [0.05, 0.1) is 18.1 Å². The molecule has 0 saturated carbocycles. The number of hydrogen-bond donors (Lipinski definition) is 3. The topological polar surface area (TPSA) is 146 Å². The lowest BCUT2D eigenvalue weighted by molar-refractivity contribution is -0.122. The Bertz CT molecular complexity index is 1030. The SMILES string of the molecule is Cc1c(-c2c(C#N)c(N)nc3c2CCc2[nH]ncc2-3)cnn1C.O=CO. The number of H-pyrrole nitrogens is 1. The van der Waals surface area contributed by atoms with Crippen molar-refractivity contribution in [1.29, 1.82) is 5.26 Å². The number of fused-ring (bicyclic) bond motifs is 3. The lowest BCUT2D eigenvalue weighted by atomic mass is 9.86. The molecular weight excluding hydrogens is 334 g/mol. The minimum atomic E-state index is -0.250. The number of nitrogens with two attached hydrogens (primary N) is 1. The van der Waals surface area contributed by atoms with Gasteiger partial charge in [-0.1, -0.05) is 0 Å². The maximum atomic E-state index is 9.60. The first-order valence-corrected chi connectivity index (χ1v) is 7.85. The van der Waals surface area contributed by atoms with Gasteiger partial charge in [0.25, 0.3) is 6.47 Å². The van der Waals surface area contributed by atoms with Gasteiger partial charge in [-0.3, -0.25) is 14.6 Å². The second kappa shape index (κ2) is 6.68. The van der Waals surface area contributed by atoms with Crippen LogP contribution in [0.3, 0.4) is 0 Å². The van der Waals surface area contributed by atoms with Crippen molar-refractivity contribution in [3.05, 3.63) is 34.9 Å². The molecule has 0 radical (unpaired) electrons. The van der Waals surface area contributed by atoms with Crippen molar-refractivity contribution >= 4 is 12.3 Å². The zero-order chi connectivity index (χ0) is 18.8. The Hall–Kier alpha value is -3.67. The van der Waals surface area contributed by atoms with E-state index >= 15 is 0 Å². The third-order valence-corrected chi connectivity index (χ3v) is 4.54. The third kappa shape index (κ3) is 2.57. The highest BCUT2D eigenvalue weighted by Gasteiger charge is 2.27. The van der Waals surface area contributed by atoms with Gasteiger partial charge in [-0.2, -0.15) is 15.5 Å². The van der Waals surface area contributed by atoms with Crippen molar-refractivity contribution in [3.63, 3.8) is 0 Å². The predicted octanol–water partition coefficient (Wildman–Crippen LogP) is 1.43. The second-order valence-electron chi connectivity index (χ2n) is 5.82. The third-order valence-electron chi connectivity index (χ3n) is 4.54. The average Bonchev–Trinajstić information content (AvgIpc) is 3.22. The van der Waals surface area contributed by atoms with Crippen LogP contribution in [0.4, 0.5) is 5.82 Å². The number of carboxylic acid groups (broad SMARTS) is 1. The number of carbonyl (C=O) groups is 1. The standard InChI is InChI=1S/C16H15N7.CH2O2/c1-8-11(7-20-23(8)2)14-9-3-4-13-12(6-19-22-13)15(9)21-16(18)10(14)5-17;2-1-3/h6-7H,3-4H2,1-2H3,(H2,18,21)(H,19,22);1H,(H,2,3). The van der Waals surface area contributed by atoms with Crippen LogP contribution in [0, 0.1) is 18.3 Å². The number of anilines is 1. The lowest BCUT2D eigenvalue weighted by Crippen LogP contribution is -2.11. The van der Waals surface area contributed by atoms with Crippen molar-refractivity contribution in [2.24, 2.45) is 7.05 Å². The lowest BCUT2D eigenvalue weighted by Gasteiger charge is -2.20. The van der Waals surface area contributed by atoms with Gasteiger partial charge in [0.2, 0.25) is 0 Å². The van der Waals surface area contributed by atoms with Crippen molar-refractivity contribution in [1.82, 2.24) is 25.0 Å². The zero-order valence-corrected chi connectivity index (χ0v) is 14.3. The summed E-state index contributed by atoms with van der Waals surface area (Å²) in [5.74, 6) is 0.249. The summed E-state index contributed by atoms with van der Waals surface area (Å²) in [5, 5.41) is 27.9. The molecular formula is C17H17N7O2. The molecule has 0 unspecified atom stereocenters. The molecule has 26 heavy (non-hydrogen) atoms. The second-order valence-corrected chi connectivity index (χ2v) is 5.82. The minimum Gasteiger partial charge on any atom is -0.483 e. The minimum absolute atomic E-state index is 0.249. The summed E-state index contributed by atoms with van der Waals surface area (Å²) in [7, 11) is 1.88. The Morgan fingerprint density at radius 1 is 1.38 bits per heavy atom. The van der Waals surface area contributed by atoms with E-state index in [1.807, 2.05) is 14.0 Å². The highest BCUT2D eigenvalue weighted by molar-refractivity contribution is 5.86. The molecule has 0 atom stereocenters. The van der Waals surface area contributed by atoms with Crippen LogP contribution in [0.2, 0.25) is 0 Å². The molecule has 0 fully saturated rings. The summed E-state index contributed by atoms with van der Waals surface area (Å²) in [6, 6.07) is 2.22. The Balaban J connectivity index is 0.000000613. The summed E-state index contributed by atoms with van der Waals surface area (Å²) in [6.45, 7) is 1.73. The molecule has 3 aromatic rings. The molecule has 3 aromatic heterocycles. The first-order valence-electron chi connectivity index (χ1n) is 7.85. The number of pyridine rings is 1. The first kappa shape index (κ1) is 17.2. The summed E-state index contributed by atoms with van der Waals surface area (Å²) in [6.07, 6.45) is 5.18. The van der Waals surface area contributed by atoms with Crippen molar-refractivity contribution in [2.45, 2.75) is 19.8 Å². The molecule has 9 nitrogen and oxygen atoms in total. The van der Waals surface area contributed by atoms with E-state index in [-0.39, 0.29) is 12.3 Å². The predicted molar refractivity (Wildman–Crippen MR) is 94.0 cm³/mol. The summed E-state index contributed by atoms with van der Waals surface area (Å²) in [5.41, 5.74) is 13.2. The number of rotatable bonds is 1. The van der Waals surface area contributed by atoms with Crippen LogP contribution in [0.25, 0.3) is 22.4 Å². The number of aromatic amines is 1. The number of nitriles is 1. The van der Waals surface area contributed by atoms with Crippen LogP contribution in [-0.4, -0.2) is 36.5 Å². The quantitative estimate of drug-likeness (QED) is 0.562. The van der Waals surface area contributed by atoms with Crippen LogP contribution in [0.5, 0.6) is 0 Å². The van der Waals surface area contributed by atoms with E-state index in [2.05, 4.69) is 26.3 Å². The smallest absolute Gasteiger partial charge is 0.290 e. The van der Waals surface area contributed by atoms with Crippen LogP contribution in [0.1, 0.15) is 22.5 Å². The van der Waals surface area contributed by atoms with Gasteiger partial charge in [-0.15, -0.1) is 0 Å². The molecule has 0 bridgehead atoms. The van der Waals surface area contributed by atoms with Crippen LogP contribution in [0.15, 0.2) is 12.4 Å². The van der Waals surface area contributed by atoms with Gasteiger partial charge in [-0.25, -0.2) is 4.98 Å². The van der Waals surface area contributed by atoms with Gasteiger partial charge in [0.15, 0.2) is 0 Å². The monoisotopic (exact) mass is 351 g/mol. The maximum Gasteiger partial charge on any atom is 0.290 e. The van der Waals surface area contributed by atoms with E-state index in [9.17, 15) is 5.26 Å². The number of nitrogens with zero attached hydrogens (tertiary/aromatic N) is 5. The van der Waals surface area contributed by atoms with E-state index in [4.69, 9.17) is 15.6 Å². The first-order chi connectivity index (χ1) is 12.5. The van der Waals surface area contributed by atoms with Crippen molar-refractivity contribution in [2.75, 3.05) is 5.73 Å². The van der Waals surface area contributed by atoms with Gasteiger partial charge in [0.1, 0.15) is 17.5 Å². The molecule has 132 valence electrons. The Morgan fingerprint density at radius 3 is 2.73 bits per heavy atom. The van der Waals surface area contributed by atoms with Gasteiger partial charge >= 0.3 is 0 Å². The van der Waals surface area contributed by atoms with Gasteiger partial charge in [0, 0.05) is 35.1 Å². The maximum absolute atomic E-state index is 9.60. The van der Waals surface area contributed by atoms with Gasteiger partial charge in [-0.05, 0) is 25.3 Å². The molecule has 4 rings (SSSR count). The van der Waals surface area contributed by atoms with Crippen molar-refractivity contribution < 1.29 is 9.90 Å². The molecule has 9 heteroatoms.